The molecule has 0 saturated heterocycles. The third-order valence-corrected chi connectivity index (χ3v) is 4.52. The van der Waals surface area contributed by atoms with Gasteiger partial charge in [0.15, 0.2) is 11.5 Å². The first-order valence-corrected chi connectivity index (χ1v) is 9.18. The van der Waals surface area contributed by atoms with Gasteiger partial charge in [0.05, 0.1) is 27.0 Å². The SMILES string of the molecule is COc1cccc(Cn2nccc2NC(=O)Cn2cc(Br)ccc2=O)c1OC. The number of carbonyl (C=O) groups is 1. The average Bonchev–Trinajstić information content (AvgIpc) is 3.10. The first-order chi connectivity index (χ1) is 13.5. The molecular weight excluding hydrogens is 428 g/mol. The zero-order valence-corrected chi connectivity index (χ0v) is 17.0. The molecule has 8 nitrogen and oxygen atoms in total. The molecule has 3 aromatic rings. The summed E-state index contributed by atoms with van der Waals surface area (Å²) in [4.78, 5) is 24.3. The van der Waals surface area contributed by atoms with Crippen molar-refractivity contribution in [3.63, 3.8) is 0 Å². The van der Waals surface area contributed by atoms with Gasteiger partial charge in [0.2, 0.25) is 5.91 Å². The molecule has 1 N–H and O–H groups in total. The van der Waals surface area contributed by atoms with E-state index in [0.29, 0.717) is 23.9 Å². The van der Waals surface area contributed by atoms with Crippen molar-refractivity contribution in [1.29, 1.82) is 0 Å². The minimum atomic E-state index is -0.334. The van der Waals surface area contributed by atoms with Gasteiger partial charge in [-0.15, -0.1) is 0 Å². The summed E-state index contributed by atoms with van der Waals surface area (Å²) >= 11 is 3.29. The molecule has 146 valence electrons. The number of para-hydroxylation sites is 1. The lowest BCUT2D eigenvalue weighted by molar-refractivity contribution is -0.116. The molecule has 0 aliphatic rings. The van der Waals surface area contributed by atoms with Crippen LogP contribution >= 0.6 is 15.9 Å². The monoisotopic (exact) mass is 446 g/mol. The fraction of sp³-hybridized carbons (Fsp3) is 0.211. The minimum Gasteiger partial charge on any atom is -0.493 e. The number of methoxy groups -OCH3 is 2. The van der Waals surface area contributed by atoms with Gasteiger partial charge >= 0.3 is 0 Å². The number of rotatable bonds is 7. The van der Waals surface area contributed by atoms with E-state index in [1.165, 1.54) is 10.6 Å². The number of anilines is 1. The Balaban J connectivity index is 1.77. The normalized spacial score (nSPS) is 10.5. The van der Waals surface area contributed by atoms with Crippen molar-refractivity contribution in [3.8, 4) is 11.5 Å². The molecule has 1 aromatic carbocycles. The van der Waals surface area contributed by atoms with Crippen LogP contribution in [0, 0.1) is 0 Å². The molecule has 0 radical (unpaired) electrons. The maximum absolute atomic E-state index is 12.4. The molecule has 0 fully saturated rings. The Hall–Kier alpha value is -3.07. The van der Waals surface area contributed by atoms with E-state index in [-0.39, 0.29) is 18.0 Å². The Morgan fingerprint density at radius 1 is 1.18 bits per heavy atom. The molecule has 1 amide bonds. The third-order valence-electron chi connectivity index (χ3n) is 4.05. The molecule has 0 atom stereocenters. The molecule has 3 rings (SSSR count). The second-order valence-electron chi connectivity index (χ2n) is 5.89. The highest BCUT2D eigenvalue weighted by Crippen LogP contribution is 2.31. The first kappa shape index (κ1) is 19.7. The van der Waals surface area contributed by atoms with Crippen molar-refractivity contribution in [2.75, 3.05) is 19.5 Å². The molecule has 0 saturated carbocycles. The molecule has 28 heavy (non-hydrogen) atoms. The maximum Gasteiger partial charge on any atom is 0.251 e. The lowest BCUT2D eigenvalue weighted by Crippen LogP contribution is -2.27. The quantitative estimate of drug-likeness (QED) is 0.602. The van der Waals surface area contributed by atoms with Crippen LogP contribution in [0.15, 0.2) is 58.1 Å². The van der Waals surface area contributed by atoms with Crippen molar-refractivity contribution in [1.82, 2.24) is 14.3 Å². The molecule has 0 bridgehead atoms. The summed E-state index contributed by atoms with van der Waals surface area (Å²) in [5.74, 6) is 1.41. The number of amides is 1. The number of hydrogen-bond acceptors (Lipinski definition) is 5. The lowest BCUT2D eigenvalue weighted by atomic mass is 10.2. The molecule has 0 aliphatic carbocycles. The smallest absolute Gasteiger partial charge is 0.251 e. The summed E-state index contributed by atoms with van der Waals surface area (Å²) in [6, 6.07) is 10.3. The zero-order chi connectivity index (χ0) is 20.1. The van der Waals surface area contributed by atoms with Gasteiger partial charge in [-0.05, 0) is 28.1 Å². The number of aromatic nitrogens is 3. The van der Waals surface area contributed by atoms with Crippen LogP contribution in [0.4, 0.5) is 5.82 Å². The van der Waals surface area contributed by atoms with E-state index in [9.17, 15) is 9.59 Å². The largest absolute Gasteiger partial charge is 0.493 e. The Bertz CT molecular complexity index is 1040. The second kappa shape index (κ2) is 8.75. The summed E-state index contributed by atoms with van der Waals surface area (Å²) < 4.78 is 14.4. The van der Waals surface area contributed by atoms with Gasteiger partial charge in [-0.1, -0.05) is 12.1 Å². The van der Waals surface area contributed by atoms with E-state index in [1.807, 2.05) is 18.2 Å². The fourth-order valence-corrected chi connectivity index (χ4v) is 3.15. The highest BCUT2D eigenvalue weighted by Gasteiger charge is 2.13. The zero-order valence-electron chi connectivity index (χ0n) is 15.4. The van der Waals surface area contributed by atoms with Crippen LogP contribution in [0.3, 0.4) is 0 Å². The van der Waals surface area contributed by atoms with Crippen LogP contribution < -0.4 is 20.3 Å². The van der Waals surface area contributed by atoms with Crippen LogP contribution in [0.25, 0.3) is 0 Å². The van der Waals surface area contributed by atoms with Crippen molar-refractivity contribution in [3.05, 3.63) is 69.2 Å². The number of benzene rings is 1. The van der Waals surface area contributed by atoms with Gasteiger partial charge in [-0.25, -0.2) is 4.68 Å². The van der Waals surface area contributed by atoms with Crippen molar-refractivity contribution in [2.45, 2.75) is 13.1 Å². The minimum absolute atomic E-state index is 0.105. The summed E-state index contributed by atoms with van der Waals surface area (Å²) in [5, 5.41) is 7.05. The van der Waals surface area contributed by atoms with Gasteiger partial charge in [-0.2, -0.15) is 5.10 Å². The number of ether oxygens (including phenoxy) is 2. The van der Waals surface area contributed by atoms with E-state index in [2.05, 4.69) is 26.3 Å². The predicted molar refractivity (Wildman–Crippen MR) is 108 cm³/mol. The van der Waals surface area contributed by atoms with E-state index in [4.69, 9.17) is 9.47 Å². The van der Waals surface area contributed by atoms with Crippen LogP contribution in [-0.2, 0) is 17.9 Å². The van der Waals surface area contributed by atoms with Gasteiger partial charge in [0.1, 0.15) is 12.4 Å². The number of hydrogen-bond donors (Lipinski definition) is 1. The van der Waals surface area contributed by atoms with E-state index < -0.39 is 0 Å². The summed E-state index contributed by atoms with van der Waals surface area (Å²) in [6.45, 7) is 0.270. The topological polar surface area (TPSA) is 87.4 Å². The van der Waals surface area contributed by atoms with Crippen LogP contribution in [0.5, 0.6) is 11.5 Å². The standard InChI is InChI=1S/C19H19BrN4O4/c1-27-15-5-3-4-13(19(15)28-2)10-24-16(8-9-21-24)22-17(25)12-23-11-14(20)6-7-18(23)26/h3-9,11H,10,12H2,1-2H3,(H,22,25). The predicted octanol–water partition coefficient (Wildman–Crippen LogP) is 2.51. The number of halogens is 1. The molecule has 0 spiro atoms. The van der Waals surface area contributed by atoms with Crippen molar-refractivity contribution < 1.29 is 14.3 Å². The highest BCUT2D eigenvalue weighted by molar-refractivity contribution is 9.10. The summed E-state index contributed by atoms with van der Waals surface area (Å²) in [6.07, 6.45) is 3.16. The van der Waals surface area contributed by atoms with Gasteiger partial charge in [0, 0.05) is 28.4 Å². The Kier molecular flexibility index (Phi) is 6.15. The molecule has 0 aliphatic heterocycles. The van der Waals surface area contributed by atoms with Crippen LogP contribution in [-0.4, -0.2) is 34.5 Å². The van der Waals surface area contributed by atoms with Gasteiger partial charge in [-0.3, -0.25) is 9.59 Å². The third kappa shape index (κ3) is 4.42. The number of pyridine rings is 1. The molecule has 0 unspecified atom stereocenters. The summed E-state index contributed by atoms with van der Waals surface area (Å²) in [5.41, 5.74) is 0.595. The Morgan fingerprint density at radius 2 is 2.00 bits per heavy atom. The van der Waals surface area contributed by atoms with Crippen LogP contribution in [0.2, 0.25) is 0 Å². The molecule has 2 heterocycles. The van der Waals surface area contributed by atoms with Crippen molar-refractivity contribution in [2.24, 2.45) is 0 Å². The highest BCUT2D eigenvalue weighted by atomic mass is 79.9. The first-order valence-electron chi connectivity index (χ1n) is 8.39. The average molecular weight is 447 g/mol. The van der Waals surface area contributed by atoms with E-state index in [1.54, 1.807) is 43.4 Å². The number of nitrogens with zero attached hydrogens (tertiary/aromatic N) is 3. The molecular formula is C19H19BrN4O4. The Labute approximate surface area is 169 Å². The van der Waals surface area contributed by atoms with E-state index >= 15 is 0 Å². The van der Waals surface area contributed by atoms with Gasteiger partial charge in [0.25, 0.3) is 5.56 Å². The molecule has 9 heteroatoms. The summed E-state index contributed by atoms with van der Waals surface area (Å²) in [7, 11) is 3.15. The maximum atomic E-state index is 12.4. The fourth-order valence-electron chi connectivity index (χ4n) is 2.77. The molecule has 2 aromatic heterocycles. The Morgan fingerprint density at radius 3 is 2.75 bits per heavy atom. The van der Waals surface area contributed by atoms with Gasteiger partial charge < -0.3 is 19.4 Å². The number of nitrogens with one attached hydrogen (secondary N) is 1. The number of carbonyl (C=O) groups excluding carboxylic acids is 1. The second-order valence-corrected chi connectivity index (χ2v) is 6.80. The lowest BCUT2D eigenvalue weighted by Gasteiger charge is -2.14. The van der Waals surface area contributed by atoms with E-state index in [0.717, 1.165) is 10.0 Å². The van der Waals surface area contributed by atoms with Crippen molar-refractivity contribution >= 4 is 27.7 Å². The van der Waals surface area contributed by atoms with Crippen LogP contribution in [0.1, 0.15) is 5.56 Å².